The SMILES string of the molecule is Cc1ccc(-c2noc(CCN)n2)cc1F. The predicted molar refractivity (Wildman–Crippen MR) is 57.2 cm³/mol. The van der Waals surface area contributed by atoms with Crippen molar-refractivity contribution >= 4 is 0 Å². The molecule has 2 aromatic rings. The van der Waals surface area contributed by atoms with Crippen molar-refractivity contribution in [1.29, 1.82) is 0 Å². The zero-order valence-corrected chi connectivity index (χ0v) is 8.90. The van der Waals surface area contributed by atoms with Crippen LogP contribution in [-0.2, 0) is 6.42 Å². The van der Waals surface area contributed by atoms with Crippen molar-refractivity contribution in [1.82, 2.24) is 10.1 Å². The first kappa shape index (κ1) is 10.8. The average Bonchev–Trinajstić information content (AvgIpc) is 2.71. The molecular formula is C11H12FN3O. The van der Waals surface area contributed by atoms with Crippen LogP contribution in [0.25, 0.3) is 11.4 Å². The third-order valence-electron chi connectivity index (χ3n) is 2.26. The van der Waals surface area contributed by atoms with Crippen molar-refractivity contribution in [2.45, 2.75) is 13.3 Å². The second-order valence-electron chi connectivity index (χ2n) is 3.51. The molecular weight excluding hydrogens is 209 g/mol. The highest BCUT2D eigenvalue weighted by Gasteiger charge is 2.09. The molecule has 2 rings (SSSR count). The standard InChI is InChI=1S/C11H12FN3O/c1-7-2-3-8(6-9(7)12)11-14-10(4-5-13)16-15-11/h2-3,6H,4-5,13H2,1H3. The lowest BCUT2D eigenvalue weighted by atomic mass is 10.1. The Morgan fingerprint density at radius 2 is 2.25 bits per heavy atom. The van der Waals surface area contributed by atoms with Gasteiger partial charge in [0, 0.05) is 18.5 Å². The van der Waals surface area contributed by atoms with Crippen LogP contribution in [0.4, 0.5) is 4.39 Å². The lowest BCUT2D eigenvalue weighted by Crippen LogP contribution is -2.02. The average molecular weight is 221 g/mol. The second kappa shape index (κ2) is 4.40. The molecule has 0 bridgehead atoms. The van der Waals surface area contributed by atoms with Gasteiger partial charge in [-0.15, -0.1) is 0 Å². The number of aromatic nitrogens is 2. The highest BCUT2D eigenvalue weighted by molar-refractivity contribution is 5.54. The van der Waals surface area contributed by atoms with E-state index in [0.717, 1.165) is 0 Å². The minimum absolute atomic E-state index is 0.275. The number of halogens is 1. The van der Waals surface area contributed by atoms with Crippen molar-refractivity contribution in [3.63, 3.8) is 0 Å². The summed E-state index contributed by atoms with van der Waals surface area (Å²) in [5, 5.41) is 3.77. The van der Waals surface area contributed by atoms with E-state index < -0.39 is 0 Å². The lowest BCUT2D eigenvalue weighted by Gasteiger charge is -1.97. The number of benzene rings is 1. The zero-order chi connectivity index (χ0) is 11.5. The summed E-state index contributed by atoms with van der Waals surface area (Å²) in [5.74, 6) is 0.587. The van der Waals surface area contributed by atoms with E-state index in [9.17, 15) is 4.39 Å². The molecule has 4 nitrogen and oxygen atoms in total. The highest BCUT2D eigenvalue weighted by Crippen LogP contribution is 2.18. The van der Waals surface area contributed by atoms with E-state index in [1.165, 1.54) is 6.07 Å². The number of rotatable bonds is 3. The minimum Gasteiger partial charge on any atom is -0.339 e. The second-order valence-corrected chi connectivity index (χ2v) is 3.51. The predicted octanol–water partition coefficient (Wildman–Crippen LogP) is 1.69. The van der Waals surface area contributed by atoms with Gasteiger partial charge in [0.15, 0.2) is 0 Å². The third kappa shape index (κ3) is 2.09. The van der Waals surface area contributed by atoms with Crippen LogP contribution in [0.2, 0.25) is 0 Å². The van der Waals surface area contributed by atoms with E-state index >= 15 is 0 Å². The van der Waals surface area contributed by atoms with Gasteiger partial charge in [-0.3, -0.25) is 0 Å². The summed E-state index contributed by atoms with van der Waals surface area (Å²) < 4.78 is 18.3. The van der Waals surface area contributed by atoms with Crippen molar-refractivity contribution in [2.75, 3.05) is 6.54 Å². The van der Waals surface area contributed by atoms with E-state index in [-0.39, 0.29) is 5.82 Å². The summed E-state index contributed by atoms with van der Waals surface area (Å²) in [5.41, 5.74) is 6.56. The quantitative estimate of drug-likeness (QED) is 0.856. The molecule has 0 fully saturated rings. The monoisotopic (exact) mass is 221 g/mol. The van der Waals surface area contributed by atoms with Gasteiger partial charge in [0.2, 0.25) is 11.7 Å². The van der Waals surface area contributed by atoms with Gasteiger partial charge in [-0.2, -0.15) is 4.98 Å². The fourth-order valence-electron chi connectivity index (χ4n) is 1.33. The maximum Gasteiger partial charge on any atom is 0.228 e. The molecule has 1 aromatic carbocycles. The van der Waals surface area contributed by atoms with Crippen molar-refractivity contribution in [3.8, 4) is 11.4 Å². The van der Waals surface area contributed by atoms with Gasteiger partial charge in [-0.05, 0) is 18.6 Å². The summed E-state index contributed by atoms with van der Waals surface area (Å²) in [4.78, 5) is 4.12. The number of aryl methyl sites for hydroxylation is 1. The number of hydrogen-bond acceptors (Lipinski definition) is 4. The Morgan fingerprint density at radius 3 is 2.94 bits per heavy atom. The fourth-order valence-corrected chi connectivity index (χ4v) is 1.33. The Bertz CT molecular complexity index is 496. The van der Waals surface area contributed by atoms with Crippen LogP contribution in [0.5, 0.6) is 0 Å². The number of nitrogens with two attached hydrogens (primary N) is 1. The Morgan fingerprint density at radius 1 is 1.44 bits per heavy atom. The minimum atomic E-state index is -0.275. The van der Waals surface area contributed by atoms with Crippen LogP contribution < -0.4 is 5.73 Å². The van der Waals surface area contributed by atoms with Gasteiger partial charge in [-0.25, -0.2) is 4.39 Å². The van der Waals surface area contributed by atoms with Crippen LogP contribution in [0.1, 0.15) is 11.5 Å². The molecule has 0 saturated carbocycles. The van der Waals surface area contributed by atoms with E-state index in [1.807, 2.05) is 0 Å². The summed E-state index contributed by atoms with van der Waals surface area (Å²) in [6.07, 6.45) is 0.529. The van der Waals surface area contributed by atoms with Crippen molar-refractivity contribution in [3.05, 3.63) is 35.5 Å². The van der Waals surface area contributed by atoms with Crippen LogP contribution in [0.15, 0.2) is 22.7 Å². The third-order valence-corrected chi connectivity index (χ3v) is 2.26. The first-order valence-corrected chi connectivity index (χ1v) is 5.00. The molecule has 5 heteroatoms. The smallest absolute Gasteiger partial charge is 0.228 e. The molecule has 16 heavy (non-hydrogen) atoms. The molecule has 0 atom stereocenters. The molecule has 2 N–H and O–H groups in total. The summed E-state index contributed by atoms with van der Waals surface area (Å²) in [6.45, 7) is 2.15. The van der Waals surface area contributed by atoms with Gasteiger partial charge in [0.1, 0.15) is 5.82 Å². The molecule has 0 aliphatic carbocycles. The van der Waals surface area contributed by atoms with Crippen LogP contribution >= 0.6 is 0 Å². The molecule has 0 amide bonds. The first-order valence-electron chi connectivity index (χ1n) is 5.00. The Kier molecular flexibility index (Phi) is 2.96. The zero-order valence-electron chi connectivity index (χ0n) is 8.90. The first-order chi connectivity index (χ1) is 7.70. The molecule has 0 radical (unpaired) electrons. The molecule has 0 saturated heterocycles. The van der Waals surface area contributed by atoms with Crippen molar-refractivity contribution in [2.24, 2.45) is 5.73 Å². The molecule has 0 aliphatic heterocycles. The van der Waals surface area contributed by atoms with Crippen LogP contribution in [0, 0.1) is 12.7 Å². The van der Waals surface area contributed by atoms with E-state index in [0.29, 0.717) is 35.8 Å². The topological polar surface area (TPSA) is 64.9 Å². The van der Waals surface area contributed by atoms with Crippen LogP contribution in [-0.4, -0.2) is 16.7 Å². The summed E-state index contributed by atoms with van der Waals surface area (Å²) in [7, 11) is 0. The number of hydrogen-bond donors (Lipinski definition) is 1. The summed E-state index contributed by atoms with van der Waals surface area (Å²) >= 11 is 0. The van der Waals surface area contributed by atoms with Crippen molar-refractivity contribution < 1.29 is 8.91 Å². The molecule has 0 spiro atoms. The highest BCUT2D eigenvalue weighted by atomic mass is 19.1. The van der Waals surface area contributed by atoms with E-state index in [4.69, 9.17) is 10.3 Å². The van der Waals surface area contributed by atoms with Gasteiger partial charge >= 0.3 is 0 Å². The lowest BCUT2D eigenvalue weighted by molar-refractivity contribution is 0.380. The maximum absolute atomic E-state index is 13.3. The molecule has 0 aliphatic rings. The molecule has 0 unspecified atom stereocenters. The van der Waals surface area contributed by atoms with E-state index in [1.54, 1.807) is 19.1 Å². The van der Waals surface area contributed by atoms with E-state index in [2.05, 4.69) is 10.1 Å². The normalized spacial score (nSPS) is 10.7. The molecule has 1 heterocycles. The van der Waals surface area contributed by atoms with Gasteiger partial charge < -0.3 is 10.3 Å². The molecule has 84 valence electrons. The number of nitrogens with zero attached hydrogens (tertiary/aromatic N) is 2. The van der Waals surface area contributed by atoms with Gasteiger partial charge in [-0.1, -0.05) is 17.3 Å². The van der Waals surface area contributed by atoms with Gasteiger partial charge in [0.25, 0.3) is 0 Å². The Hall–Kier alpha value is -1.75. The summed E-state index contributed by atoms with van der Waals surface area (Å²) in [6, 6.07) is 4.84. The van der Waals surface area contributed by atoms with Crippen LogP contribution in [0.3, 0.4) is 0 Å². The fraction of sp³-hybridized carbons (Fsp3) is 0.273. The Balaban J connectivity index is 2.31. The van der Waals surface area contributed by atoms with Gasteiger partial charge in [0.05, 0.1) is 0 Å². The largest absolute Gasteiger partial charge is 0.339 e. The maximum atomic E-state index is 13.3. The Labute approximate surface area is 92.3 Å². The molecule has 1 aromatic heterocycles.